The van der Waals surface area contributed by atoms with E-state index in [2.05, 4.69) is 0 Å². The van der Waals surface area contributed by atoms with Crippen LogP contribution in [0.3, 0.4) is 0 Å². The molecule has 0 N–H and O–H groups in total. The molecule has 1 fully saturated rings. The number of benzene rings is 2. The zero-order chi connectivity index (χ0) is 17.1. The number of piperazine rings is 1. The first-order valence-electron chi connectivity index (χ1n) is 7.89. The highest BCUT2D eigenvalue weighted by Crippen LogP contribution is 2.23. The van der Waals surface area contributed by atoms with E-state index in [1.807, 2.05) is 49.4 Å². The first-order chi connectivity index (χ1) is 11.6. The molecule has 0 aliphatic carbocycles. The summed E-state index contributed by atoms with van der Waals surface area (Å²) >= 11 is 0. The lowest BCUT2D eigenvalue weighted by Crippen LogP contribution is -2.54. The van der Waals surface area contributed by atoms with Crippen LogP contribution in [0, 0.1) is 6.92 Å². The second kappa shape index (κ2) is 6.74. The molecular weight excluding hydrogens is 304 g/mol. The van der Waals surface area contributed by atoms with Gasteiger partial charge in [-0.1, -0.05) is 35.9 Å². The molecule has 0 unspecified atom stereocenters. The summed E-state index contributed by atoms with van der Waals surface area (Å²) < 4.78 is 5.19. The molecular formula is C19H20N2O3. The summed E-state index contributed by atoms with van der Waals surface area (Å²) in [6, 6.07) is 15.2. The number of carbonyl (C=O) groups is 2. The average Bonchev–Trinajstić information content (AvgIpc) is 2.59. The molecule has 2 aromatic rings. The Labute approximate surface area is 141 Å². The Morgan fingerprint density at radius 1 is 1.00 bits per heavy atom. The largest absolute Gasteiger partial charge is 0.497 e. The lowest BCUT2D eigenvalue weighted by atomic mass is 10.1. The molecule has 0 spiro atoms. The van der Waals surface area contributed by atoms with Gasteiger partial charge in [-0.25, -0.2) is 0 Å². The number of anilines is 1. The van der Waals surface area contributed by atoms with Crippen molar-refractivity contribution in [2.24, 2.45) is 0 Å². The van der Waals surface area contributed by atoms with E-state index in [0.717, 1.165) is 11.1 Å². The molecule has 3 rings (SSSR count). The molecule has 124 valence electrons. The Balaban J connectivity index is 1.74. The zero-order valence-corrected chi connectivity index (χ0v) is 13.9. The van der Waals surface area contributed by atoms with Gasteiger partial charge in [0.05, 0.1) is 7.11 Å². The van der Waals surface area contributed by atoms with Gasteiger partial charge in [-0.3, -0.25) is 9.59 Å². The van der Waals surface area contributed by atoms with Gasteiger partial charge in [0.1, 0.15) is 5.75 Å². The van der Waals surface area contributed by atoms with E-state index >= 15 is 0 Å². The second-order valence-corrected chi connectivity index (χ2v) is 5.87. The van der Waals surface area contributed by atoms with Crippen LogP contribution in [0.25, 0.3) is 0 Å². The number of aryl methyl sites for hydroxylation is 1. The molecule has 0 saturated carbocycles. The van der Waals surface area contributed by atoms with E-state index in [-0.39, 0.29) is 0 Å². The van der Waals surface area contributed by atoms with Gasteiger partial charge in [0, 0.05) is 31.4 Å². The third-order valence-electron chi connectivity index (χ3n) is 4.13. The molecule has 2 amide bonds. The maximum atomic E-state index is 12.5. The summed E-state index contributed by atoms with van der Waals surface area (Å²) in [7, 11) is 1.58. The molecule has 1 saturated heterocycles. The highest BCUT2D eigenvalue weighted by molar-refractivity contribution is 6.40. The summed E-state index contributed by atoms with van der Waals surface area (Å²) in [5.74, 6) is -0.303. The SMILES string of the molecule is COc1cccc(N2CCN(Cc3cccc(C)c3)C(=O)C2=O)c1. The minimum absolute atomic E-state index is 0.457. The first kappa shape index (κ1) is 16.1. The number of ether oxygens (including phenoxy) is 1. The van der Waals surface area contributed by atoms with E-state index in [4.69, 9.17) is 4.74 Å². The van der Waals surface area contributed by atoms with Crippen LogP contribution in [-0.4, -0.2) is 36.9 Å². The van der Waals surface area contributed by atoms with Gasteiger partial charge < -0.3 is 14.5 Å². The zero-order valence-electron chi connectivity index (χ0n) is 13.9. The number of amides is 2. The molecule has 1 aliphatic heterocycles. The normalized spacial score (nSPS) is 14.9. The van der Waals surface area contributed by atoms with Gasteiger partial charge in [-0.2, -0.15) is 0 Å². The van der Waals surface area contributed by atoms with Crippen LogP contribution in [0.1, 0.15) is 11.1 Å². The number of carbonyl (C=O) groups excluding carboxylic acids is 2. The van der Waals surface area contributed by atoms with Gasteiger partial charge >= 0.3 is 11.8 Å². The molecule has 0 atom stereocenters. The van der Waals surface area contributed by atoms with Crippen LogP contribution in [0.15, 0.2) is 48.5 Å². The Morgan fingerprint density at radius 2 is 1.79 bits per heavy atom. The lowest BCUT2D eigenvalue weighted by Gasteiger charge is -2.34. The van der Waals surface area contributed by atoms with Crippen molar-refractivity contribution < 1.29 is 14.3 Å². The Bertz CT molecular complexity index is 773. The first-order valence-corrected chi connectivity index (χ1v) is 7.89. The van der Waals surface area contributed by atoms with Crippen molar-refractivity contribution >= 4 is 17.5 Å². The predicted molar refractivity (Wildman–Crippen MR) is 91.9 cm³/mol. The highest BCUT2D eigenvalue weighted by atomic mass is 16.5. The number of rotatable bonds is 4. The lowest BCUT2D eigenvalue weighted by molar-refractivity contribution is -0.146. The van der Waals surface area contributed by atoms with Crippen LogP contribution in [-0.2, 0) is 16.1 Å². The van der Waals surface area contributed by atoms with Crippen molar-refractivity contribution in [2.45, 2.75) is 13.5 Å². The summed E-state index contributed by atoms with van der Waals surface area (Å²) in [5, 5.41) is 0. The average molecular weight is 324 g/mol. The van der Waals surface area contributed by atoms with Crippen LogP contribution >= 0.6 is 0 Å². The van der Waals surface area contributed by atoms with Gasteiger partial charge in [0.2, 0.25) is 0 Å². The van der Waals surface area contributed by atoms with Crippen molar-refractivity contribution in [1.29, 1.82) is 0 Å². The summed E-state index contributed by atoms with van der Waals surface area (Å²) in [6.45, 7) is 3.45. The minimum atomic E-state index is -0.498. The van der Waals surface area contributed by atoms with Crippen LogP contribution in [0.4, 0.5) is 5.69 Å². The number of nitrogens with zero attached hydrogens (tertiary/aromatic N) is 2. The number of hydrogen-bond acceptors (Lipinski definition) is 3. The van der Waals surface area contributed by atoms with E-state index in [9.17, 15) is 9.59 Å². The predicted octanol–water partition coefficient (Wildman–Crippen LogP) is 2.38. The molecule has 0 radical (unpaired) electrons. The van der Waals surface area contributed by atoms with Crippen LogP contribution in [0.2, 0.25) is 0 Å². The van der Waals surface area contributed by atoms with Gasteiger partial charge in [-0.15, -0.1) is 0 Å². The van der Waals surface area contributed by atoms with E-state index in [1.54, 1.807) is 18.1 Å². The summed E-state index contributed by atoms with van der Waals surface area (Å²) in [6.07, 6.45) is 0. The Morgan fingerprint density at radius 3 is 2.54 bits per heavy atom. The van der Waals surface area contributed by atoms with Crippen LogP contribution in [0.5, 0.6) is 5.75 Å². The topological polar surface area (TPSA) is 49.9 Å². The van der Waals surface area contributed by atoms with Crippen molar-refractivity contribution in [1.82, 2.24) is 4.90 Å². The number of methoxy groups -OCH3 is 1. The standard InChI is InChI=1S/C19H20N2O3/c1-14-5-3-6-15(11-14)13-20-9-10-21(19(23)18(20)22)16-7-4-8-17(12-16)24-2/h3-8,11-12H,9-10,13H2,1-2H3. The van der Waals surface area contributed by atoms with E-state index < -0.39 is 11.8 Å². The number of hydrogen-bond donors (Lipinski definition) is 0. The smallest absolute Gasteiger partial charge is 0.316 e. The second-order valence-electron chi connectivity index (χ2n) is 5.87. The minimum Gasteiger partial charge on any atom is -0.497 e. The fourth-order valence-electron chi connectivity index (χ4n) is 2.88. The molecule has 1 heterocycles. The van der Waals surface area contributed by atoms with Crippen molar-refractivity contribution in [3.63, 3.8) is 0 Å². The molecule has 24 heavy (non-hydrogen) atoms. The fraction of sp³-hybridized carbons (Fsp3) is 0.263. The Hall–Kier alpha value is -2.82. The van der Waals surface area contributed by atoms with Gasteiger partial charge in [0.25, 0.3) is 0 Å². The van der Waals surface area contributed by atoms with Crippen molar-refractivity contribution in [3.8, 4) is 5.75 Å². The maximum absolute atomic E-state index is 12.5. The van der Waals surface area contributed by atoms with Gasteiger partial charge in [0.15, 0.2) is 0 Å². The van der Waals surface area contributed by atoms with Crippen LogP contribution < -0.4 is 9.64 Å². The third kappa shape index (κ3) is 3.25. The molecule has 2 aromatic carbocycles. The molecule has 0 bridgehead atoms. The quantitative estimate of drug-likeness (QED) is 0.811. The van der Waals surface area contributed by atoms with E-state index in [0.29, 0.717) is 31.1 Å². The summed E-state index contributed by atoms with van der Waals surface area (Å²) in [4.78, 5) is 28.1. The summed E-state index contributed by atoms with van der Waals surface area (Å²) in [5.41, 5.74) is 2.86. The molecule has 5 heteroatoms. The van der Waals surface area contributed by atoms with Gasteiger partial charge in [-0.05, 0) is 24.6 Å². The van der Waals surface area contributed by atoms with E-state index in [1.165, 1.54) is 4.90 Å². The van der Waals surface area contributed by atoms with Crippen molar-refractivity contribution in [3.05, 3.63) is 59.7 Å². The molecule has 0 aromatic heterocycles. The van der Waals surface area contributed by atoms with Crippen molar-refractivity contribution in [2.75, 3.05) is 25.1 Å². The maximum Gasteiger partial charge on any atom is 0.316 e. The fourth-order valence-corrected chi connectivity index (χ4v) is 2.88. The molecule has 1 aliphatic rings. The monoisotopic (exact) mass is 324 g/mol. The third-order valence-corrected chi connectivity index (χ3v) is 4.13. The Kier molecular flexibility index (Phi) is 4.51. The highest BCUT2D eigenvalue weighted by Gasteiger charge is 2.33. The molecule has 5 nitrogen and oxygen atoms in total.